The third-order valence-electron chi connectivity index (χ3n) is 4.92. The first-order chi connectivity index (χ1) is 12.9. The van der Waals surface area contributed by atoms with Crippen LogP contribution in [-0.2, 0) is 28.6 Å². The van der Waals surface area contributed by atoms with Crippen LogP contribution in [0.25, 0.3) is 0 Å². The van der Waals surface area contributed by atoms with Crippen LogP contribution in [0, 0.1) is 17.8 Å². The molecule has 0 heterocycles. The molecule has 0 saturated heterocycles. The topological polar surface area (TPSA) is 78.9 Å². The summed E-state index contributed by atoms with van der Waals surface area (Å²) in [6.45, 7) is 3.35. The van der Waals surface area contributed by atoms with Gasteiger partial charge in [0, 0.05) is 5.57 Å². The maximum Gasteiger partial charge on any atom is 0.406 e. The normalized spacial score (nSPS) is 24.0. The molecule has 6 nitrogen and oxygen atoms in total. The Balaban J connectivity index is 1.79. The lowest BCUT2D eigenvalue weighted by atomic mass is 9.89. The van der Waals surface area contributed by atoms with Gasteiger partial charge in [0.1, 0.15) is 19.6 Å². The predicted octanol–water partition coefficient (Wildman–Crippen LogP) is 3.25. The summed E-state index contributed by atoms with van der Waals surface area (Å²) in [5.41, 5.74) is 0.0496. The smallest absolute Gasteiger partial charge is 0.406 e. The SMILES string of the molecule is C=C(C)C(=O)OCCOC(=O)C(F)(F)CC(F)(F)OC(=O)C1CC2CCC1C2. The summed E-state index contributed by atoms with van der Waals surface area (Å²) in [6, 6.07) is 0. The Morgan fingerprint density at radius 2 is 1.68 bits per heavy atom. The van der Waals surface area contributed by atoms with Crippen molar-refractivity contribution in [1.82, 2.24) is 0 Å². The van der Waals surface area contributed by atoms with Crippen LogP contribution < -0.4 is 0 Å². The molecule has 3 unspecified atom stereocenters. The first-order valence-electron chi connectivity index (χ1n) is 8.89. The fraction of sp³-hybridized carbons (Fsp3) is 0.722. The number of fused-ring (bicyclic) bond motifs is 2. The molecule has 3 atom stereocenters. The van der Waals surface area contributed by atoms with E-state index in [4.69, 9.17) is 0 Å². The van der Waals surface area contributed by atoms with Gasteiger partial charge >= 0.3 is 29.9 Å². The minimum Gasteiger partial charge on any atom is -0.459 e. The highest BCUT2D eigenvalue weighted by Crippen LogP contribution is 2.49. The maximum atomic E-state index is 13.8. The Labute approximate surface area is 159 Å². The van der Waals surface area contributed by atoms with E-state index in [0.29, 0.717) is 6.42 Å². The second-order valence-corrected chi connectivity index (χ2v) is 7.27. The summed E-state index contributed by atoms with van der Waals surface area (Å²) >= 11 is 0. The van der Waals surface area contributed by atoms with E-state index < -0.39 is 55.5 Å². The van der Waals surface area contributed by atoms with Crippen molar-refractivity contribution >= 4 is 17.9 Å². The molecule has 2 fully saturated rings. The van der Waals surface area contributed by atoms with E-state index in [9.17, 15) is 31.9 Å². The molecule has 158 valence electrons. The van der Waals surface area contributed by atoms with Crippen molar-refractivity contribution < 1.29 is 46.2 Å². The van der Waals surface area contributed by atoms with E-state index in [0.717, 1.165) is 19.3 Å². The lowest BCUT2D eigenvalue weighted by Crippen LogP contribution is -2.41. The number of alkyl halides is 4. The molecular weight excluding hydrogens is 388 g/mol. The zero-order chi connectivity index (χ0) is 21.1. The fourth-order valence-corrected chi connectivity index (χ4v) is 3.62. The molecule has 0 spiro atoms. The summed E-state index contributed by atoms with van der Waals surface area (Å²) in [7, 11) is 0. The molecule has 0 aromatic rings. The zero-order valence-corrected chi connectivity index (χ0v) is 15.4. The molecule has 10 heteroatoms. The Morgan fingerprint density at radius 3 is 2.21 bits per heavy atom. The van der Waals surface area contributed by atoms with E-state index in [1.807, 2.05) is 0 Å². The number of halogens is 4. The van der Waals surface area contributed by atoms with Crippen molar-refractivity contribution in [2.75, 3.05) is 13.2 Å². The molecule has 0 aromatic carbocycles. The van der Waals surface area contributed by atoms with Crippen molar-refractivity contribution in [3.63, 3.8) is 0 Å². The van der Waals surface area contributed by atoms with Gasteiger partial charge in [-0.2, -0.15) is 17.6 Å². The summed E-state index contributed by atoms with van der Waals surface area (Å²) in [4.78, 5) is 34.4. The molecule has 28 heavy (non-hydrogen) atoms. The van der Waals surface area contributed by atoms with Crippen molar-refractivity contribution in [1.29, 1.82) is 0 Å². The number of carbonyl (C=O) groups excluding carboxylic acids is 3. The second kappa shape index (κ2) is 8.48. The van der Waals surface area contributed by atoms with Crippen LogP contribution >= 0.6 is 0 Å². The third kappa shape index (κ3) is 5.68. The number of hydrogen-bond acceptors (Lipinski definition) is 6. The largest absolute Gasteiger partial charge is 0.459 e. The van der Waals surface area contributed by atoms with Gasteiger partial charge in [0.2, 0.25) is 0 Å². The molecule has 2 aliphatic carbocycles. The minimum absolute atomic E-state index is 0.0496. The predicted molar refractivity (Wildman–Crippen MR) is 86.3 cm³/mol. The summed E-state index contributed by atoms with van der Waals surface area (Å²) in [6.07, 6.45) is -4.01. The number of esters is 3. The molecule has 2 bridgehead atoms. The third-order valence-corrected chi connectivity index (χ3v) is 4.92. The van der Waals surface area contributed by atoms with Gasteiger partial charge in [-0.1, -0.05) is 13.0 Å². The lowest BCUT2D eigenvalue weighted by molar-refractivity contribution is -0.263. The standard InChI is InChI=1S/C18H22F4O6/c1-10(2)14(23)26-5-6-27-16(25)17(19,20)9-18(21,22)28-15(24)13-8-11-3-4-12(13)7-11/h11-13H,1,3-9H2,2H3. The van der Waals surface area contributed by atoms with Crippen LogP contribution in [-0.4, -0.2) is 43.2 Å². The van der Waals surface area contributed by atoms with Crippen LogP contribution in [0.2, 0.25) is 0 Å². The quantitative estimate of drug-likeness (QED) is 0.191. The van der Waals surface area contributed by atoms with Gasteiger partial charge in [0.05, 0.1) is 5.92 Å². The molecule has 0 aliphatic heterocycles. The number of carbonyl (C=O) groups is 3. The van der Waals surface area contributed by atoms with Gasteiger partial charge in [-0.05, 0) is 38.0 Å². The number of rotatable bonds is 9. The van der Waals surface area contributed by atoms with E-state index in [-0.39, 0.29) is 17.4 Å². The first-order valence-corrected chi connectivity index (χ1v) is 8.89. The highest BCUT2D eigenvalue weighted by molar-refractivity contribution is 5.86. The van der Waals surface area contributed by atoms with Crippen LogP contribution in [0.1, 0.15) is 39.0 Å². The van der Waals surface area contributed by atoms with E-state index in [1.54, 1.807) is 0 Å². The van der Waals surface area contributed by atoms with Crippen LogP contribution in [0.5, 0.6) is 0 Å². The second-order valence-electron chi connectivity index (χ2n) is 7.27. The first kappa shape index (κ1) is 22.2. The van der Waals surface area contributed by atoms with Gasteiger partial charge in [0.25, 0.3) is 0 Å². The van der Waals surface area contributed by atoms with Gasteiger partial charge in [-0.15, -0.1) is 0 Å². The Morgan fingerprint density at radius 1 is 1.04 bits per heavy atom. The molecule has 2 rings (SSSR count). The Hall–Kier alpha value is -2.13. The molecule has 2 saturated carbocycles. The Bertz CT molecular complexity index is 648. The zero-order valence-electron chi connectivity index (χ0n) is 15.4. The summed E-state index contributed by atoms with van der Waals surface area (Å²) in [5.74, 6) is -9.33. The molecule has 0 radical (unpaired) electrons. The number of ether oxygens (including phenoxy) is 3. The summed E-state index contributed by atoms with van der Waals surface area (Å²) in [5, 5.41) is 0. The maximum absolute atomic E-state index is 13.8. The van der Waals surface area contributed by atoms with Crippen LogP contribution in [0.4, 0.5) is 17.6 Å². The van der Waals surface area contributed by atoms with Gasteiger partial charge in [-0.25, -0.2) is 9.59 Å². The van der Waals surface area contributed by atoms with E-state index in [2.05, 4.69) is 20.8 Å². The van der Waals surface area contributed by atoms with Crippen molar-refractivity contribution in [3.8, 4) is 0 Å². The minimum atomic E-state index is -4.59. The highest BCUT2D eigenvalue weighted by atomic mass is 19.3. The monoisotopic (exact) mass is 410 g/mol. The lowest BCUT2D eigenvalue weighted by Gasteiger charge is -2.25. The van der Waals surface area contributed by atoms with Crippen molar-refractivity contribution in [3.05, 3.63) is 12.2 Å². The molecule has 2 aliphatic rings. The van der Waals surface area contributed by atoms with Gasteiger partial charge in [0.15, 0.2) is 0 Å². The Kier molecular flexibility index (Phi) is 6.71. The molecule has 0 N–H and O–H groups in total. The van der Waals surface area contributed by atoms with Crippen molar-refractivity contribution in [2.45, 2.75) is 51.1 Å². The molecule has 0 amide bonds. The average molecular weight is 410 g/mol. The van der Waals surface area contributed by atoms with Crippen LogP contribution in [0.3, 0.4) is 0 Å². The highest BCUT2D eigenvalue weighted by Gasteiger charge is 2.54. The molecule has 0 aromatic heterocycles. The van der Waals surface area contributed by atoms with E-state index in [1.165, 1.54) is 6.92 Å². The van der Waals surface area contributed by atoms with Crippen molar-refractivity contribution in [2.24, 2.45) is 17.8 Å². The van der Waals surface area contributed by atoms with E-state index >= 15 is 0 Å². The van der Waals surface area contributed by atoms with Gasteiger partial charge in [-0.3, -0.25) is 4.79 Å². The fourth-order valence-electron chi connectivity index (χ4n) is 3.62. The average Bonchev–Trinajstić information content (AvgIpc) is 3.19. The van der Waals surface area contributed by atoms with Crippen LogP contribution in [0.15, 0.2) is 12.2 Å². The summed E-state index contributed by atoms with van der Waals surface area (Å²) < 4.78 is 67.8. The van der Waals surface area contributed by atoms with Gasteiger partial charge < -0.3 is 14.2 Å². The molecular formula is C18H22F4O6. The number of hydrogen-bond donors (Lipinski definition) is 0.